The molecule has 2 aromatic heterocycles. The molecule has 0 bridgehead atoms. The molecule has 0 atom stereocenters. The van der Waals surface area contributed by atoms with Gasteiger partial charge in [0.05, 0.1) is 0 Å². The molecule has 2 rings (SSSR count). The molecule has 2 heterocycles. The predicted molar refractivity (Wildman–Crippen MR) is 77.2 cm³/mol. The summed E-state index contributed by atoms with van der Waals surface area (Å²) in [5, 5.41) is 6.60. The van der Waals surface area contributed by atoms with Gasteiger partial charge in [-0.2, -0.15) is 0 Å². The Morgan fingerprint density at radius 2 is 1.63 bits per heavy atom. The number of hydrogen-bond acceptors (Lipinski definition) is 5. The largest absolute Gasteiger partial charge is 0.370 e. The van der Waals surface area contributed by atoms with E-state index < -0.39 is 0 Å². The van der Waals surface area contributed by atoms with Crippen molar-refractivity contribution in [2.75, 3.05) is 17.2 Å². The molecular weight excluding hydrogens is 238 g/mol. The highest BCUT2D eigenvalue weighted by molar-refractivity contribution is 5.57. The molecule has 19 heavy (non-hydrogen) atoms. The zero-order valence-corrected chi connectivity index (χ0v) is 11.6. The summed E-state index contributed by atoms with van der Waals surface area (Å²) in [5.41, 5.74) is 2.22. The maximum absolute atomic E-state index is 4.45. The number of anilines is 2. The van der Waals surface area contributed by atoms with E-state index in [0.717, 1.165) is 36.1 Å². The van der Waals surface area contributed by atoms with E-state index in [1.54, 1.807) is 12.4 Å². The molecule has 0 unspecified atom stereocenters. The van der Waals surface area contributed by atoms with Gasteiger partial charge < -0.3 is 10.6 Å². The highest BCUT2D eigenvalue weighted by Gasteiger charge is 2.08. The van der Waals surface area contributed by atoms with E-state index in [9.17, 15) is 0 Å². The van der Waals surface area contributed by atoms with Crippen molar-refractivity contribution in [3.8, 4) is 0 Å². The third-order valence-corrected chi connectivity index (χ3v) is 2.81. The van der Waals surface area contributed by atoms with Crippen LogP contribution >= 0.6 is 0 Å². The zero-order chi connectivity index (χ0) is 13.7. The van der Waals surface area contributed by atoms with Gasteiger partial charge in [-0.25, -0.2) is 9.97 Å². The molecule has 2 aromatic rings. The number of aromatic nitrogens is 3. The van der Waals surface area contributed by atoms with Crippen molar-refractivity contribution in [2.45, 2.75) is 27.3 Å². The lowest BCUT2D eigenvalue weighted by Gasteiger charge is -2.13. The minimum atomic E-state index is 0.728. The fraction of sp³-hybridized carbons (Fsp3) is 0.357. The third kappa shape index (κ3) is 3.40. The average Bonchev–Trinajstić information content (AvgIpc) is 2.42. The van der Waals surface area contributed by atoms with Crippen LogP contribution in [0.1, 0.15) is 23.9 Å². The smallest absolute Gasteiger partial charge is 0.135 e. The molecule has 5 nitrogen and oxygen atoms in total. The van der Waals surface area contributed by atoms with Crippen LogP contribution in [0.5, 0.6) is 0 Å². The SMILES string of the molecule is CCNc1nc(C)nc(NCc2ccncc2)c1C. The topological polar surface area (TPSA) is 62.7 Å². The zero-order valence-electron chi connectivity index (χ0n) is 11.6. The summed E-state index contributed by atoms with van der Waals surface area (Å²) in [6.07, 6.45) is 3.58. The number of rotatable bonds is 5. The summed E-state index contributed by atoms with van der Waals surface area (Å²) < 4.78 is 0. The van der Waals surface area contributed by atoms with E-state index in [0.29, 0.717) is 0 Å². The molecule has 0 aliphatic rings. The Morgan fingerprint density at radius 3 is 2.26 bits per heavy atom. The number of hydrogen-bond donors (Lipinski definition) is 2. The van der Waals surface area contributed by atoms with Crippen LogP contribution in [-0.2, 0) is 6.54 Å². The fourth-order valence-corrected chi connectivity index (χ4v) is 1.83. The molecule has 100 valence electrons. The van der Waals surface area contributed by atoms with Crippen molar-refractivity contribution >= 4 is 11.6 Å². The van der Waals surface area contributed by atoms with Crippen molar-refractivity contribution in [1.29, 1.82) is 0 Å². The molecular formula is C14H19N5. The van der Waals surface area contributed by atoms with E-state index >= 15 is 0 Å². The molecule has 0 saturated heterocycles. The van der Waals surface area contributed by atoms with Crippen LogP contribution in [0.2, 0.25) is 0 Å². The molecule has 0 saturated carbocycles. The summed E-state index contributed by atoms with van der Waals surface area (Å²) >= 11 is 0. The van der Waals surface area contributed by atoms with Gasteiger partial charge in [-0.05, 0) is 38.5 Å². The normalized spacial score (nSPS) is 10.3. The van der Waals surface area contributed by atoms with Gasteiger partial charge >= 0.3 is 0 Å². The van der Waals surface area contributed by atoms with Crippen LogP contribution in [-0.4, -0.2) is 21.5 Å². The van der Waals surface area contributed by atoms with Gasteiger partial charge in [0.15, 0.2) is 0 Å². The lowest BCUT2D eigenvalue weighted by molar-refractivity contribution is 0.991. The highest BCUT2D eigenvalue weighted by Crippen LogP contribution is 2.20. The van der Waals surface area contributed by atoms with Crippen molar-refractivity contribution in [1.82, 2.24) is 15.0 Å². The van der Waals surface area contributed by atoms with E-state index in [4.69, 9.17) is 0 Å². The summed E-state index contributed by atoms with van der Waals surface area (Å²) in [6, 6.07) is 3.98. The lowest BCUT2D eigenvalue weighted by atomic mass is 10.2. The van der Waals surface area contributed by atoms with Gasteiger partial charge in [-0.3, -0.25) is 4.98 Å². The second-order valence-electron chi connectivity index (χ2n) is 4.33. The quantitative estimate of drug-likeness (QED) is 0.861. The molecule has 0 amide bonds. The molecule has 0 radical (unpaired) electrons. The average molecular weight is 257 g/mol. The predicted octanol–water partition coefficient (Wildman–Crippen LogP) is 2.53. The van der Waals surface area contributed by atoms with Crippen LogP contribution in [0.3, 0.4) is 0 Å². The Kier molecular flexibility index (Phi) is 4.28. The Morgan fingerprint density at radius 1 is 1.00 bits per heavy atom. The van der Waals surface area contributed by atoms with E-state index in [1.807, 2.05) is 26.0 Å². The summed E-state index contributed by atoms with van der Waals surface area (Å²) in [6.45, 7) is 7.55. The first-order valence-corrected chi connectivity index (χ1v) is 6.42. The van der Waals surface area contributed by atoms with Crippen LogP contribution in [0.15, 0.2) is 24.5 Å². The van der Waals surface area contributed by atoms with Gasteiger partial charge in [0.25, 0.3) is 0 Å². The second kappa shape index (κ2) is 6.13. The summed E-state index contributed by atoms with van der Waals surface area (Å²) in [4.78, 5) is 12.9. The van der Waals surface area contributed by atoms with Crippen molar-refractivity contribution in [3.05, 3.63) is 41.5 Å². The maximum atomic E-state index is 4.45. The van der Waals surface area contributed by atoms with Gasteiger partial charge in [-0.15, -0.1) is 0 Å². The second-order valence-corrected chi connectivity index (χ2v) is 4.33. The van der Waals surface area contributed by atoms with Crippen molar-refractivity contribution < 1.29 is 0 Å². The minimum absolute atomic E-state index is 0.728. The fourth-order valence-electron chi connectivity index (χ4n) is 1.83. The van der Waals surface area contributed by atoms with Gasteiger partial charge in [-0.1, -0.05) is 0 Å². The first kappa shape index (κ1) is 13.3. The molecule has 0 aromatic carbocycles. The number of pyridine rings is 1. The first-order valence-electron chi connectivity index (χ1n) is 6.42. The molecule has 0 aliphatic carbocycles. The Bertz CT molecular complexity index is 539. The number of aryl methyl sites for hydroxylation is 1. The Balaban J connectivity index is 2.16. The molecule has 0 aliphatic heterocycles. The molecule has 2 N–H and O–H groups in total. The first-order chi connectivity index (χ1) is 9.20. The van der Waals surface area contributed by atoms with Crippen LogP contribution in [0.25, 0.3) is 0 Å². The molecule has 0 spiro atoms. The van der Waals surface area contributed by atoms with Crippen LogP contribution in [0, 0.1) is 13.8 Å². The van der Waals surface area contributed by atoms with Gasteiger partial charge in [0.2, 0.25) is 0 Å². The van der Waals surface area contributed by atoms with Crippen LogP contribution < -0.4 is 10.6 Å². The van der Waals surface area contributed by atoms with Crippen molar-refractivity contribution in [2.24, 2.45) is 0 Å². The van der Waals surface area contributed by atoms with Gasteiger partial charge in [0.1, 0.15) is 17.5 Å². The van der Waals surface area contributed by atoms with Crippen LogP contribution in [0.4, 0.5) is 11.6 Å². The monoisotopic (exact) mass is 257 g/mol. The summed E-state index contributed by atoms with van der Waals surface area (Å²) in [7, 11) is 0. The van der Waals surface area contributed by atoms with Gasteiger partial charge in [0, 0.05) is 31.0 Å². The minimum Gasteiger partial charge on any atom is -0.370 e. The number of nitrogens with one attached hydrogen (secondary N) is 2. The third-order valence-electron chi connectivity index (χ3n) is 2.81. The Hall–Kier alpha value is -2.17. The Labute approximate surface area is 113 Å². The van der Waals surface area contributed by atoms with Crippen molar-refractivity contribution in [3.63, 3.8) is 0 Å². The standard InChI is InChI=1S/C14H19N5/c1-4-16-13-10(2)14(19-11(3)18-13)17-9-12-5-7-15-8-6-12/h5-8H,4,9H2,1-3H3,(H2,16,17,18,19). The van der Waals surface area contributed by atoms with E-state index in [2.05, 4.69) is 32.5 Å². The lowest BCUT2D eigenvalue weighted by Crippen LogP contribution is -2.09. The van der Waals surface area contributed by atoms with E-state index in [1.165, 1.54) is 5.56 Å². The number of nitrogens with zero attached hydrogens (tertiary/aromatic N) is 3. The van der Waals surface area contributed by atoms with E-state index in [-0.39, 0.29) is 0 Å². The summed E-state index contributed by atoms with van der Waals surface area (Å²) in [5.74, 6) is 2.53. The molecule has 5 heteroatoms. The highest BCUT2D eigenvalue weighted by atomic mass is 15.1. The molecule has 0 fully saturated rings. The maximum Gasteiger partial charge on any atom is 0.135 e.